The quantitative estimate of drug-likeness (QED) is 0.419. The van der Waals surface area contributed by atoms with Gasteiger partial charge in [0.05, 0.1) is 0 Å². The van der Waals surface area contributed by atoms with E-state index in [0.29, 0.717) is 6.54 Å². The Hall–Kier alpha value is -0.240. The van der Waals surface area contributed by atoms with E-state index < -0.39 is 0 Å². The molecular formula is C5H9ClNO. The maximum absolute atomic E-state index is 9.68. The fourth-order valence-electron chi connectivity index (χ4n) is 0.343. The minimum atomic E-state index is 0.599. The van der Waals surface area contributed by atoms with E-state index in [1.54, 1.807) is 6.41 Å². The van der Waals surface area contributed by atoms with Crippen LogP contribution in [0, 0.1) is 0 Å². The summed E-state index contributed by atoms with van der Waals surface area (Å²) in [6, 6.07) is 0. The van der Waals surface area contributed by atoms with Crippen LogP contribution >= 0.6 is 11.8 Å². The van der Waals surface area contributed by atoms with Crippen LogP contribution in [0.25, 0.3) is 0 Å². The maximum atomic E-state index is 9.68. The Bertz CT molecular complexity index is 67.4. The number of halogens is 1. The first-order valence-electron chi connectivity index (χ1n) is 2.62. The molecule has 47 valence electrons. The highest BCUT2D eigenvalue weighted by Crippen LogP contribution is 1.93. The molecule has 0 bridgehead atoms. The van der Waals surface area contributed by atoms with Gasteiger partial charge in [-0.2, -0.15) is 0 Å². The summed E-state index contributed by atoms with van der Waals surface area (Å²) in [6.45, 7) is 2.64. The number of unbranched alkanes of at least 4 members (excludes halogenated alkanes) is 1. The molecule has 0 aliphatic rings. The zero-order chi connectivity index (χ0) is 6.41. The standard InChI is InChI=1S/C5H9ClNO/c1-2-3-4-7(6)5-8/h2-4H2,1H3. The molecule has 0 fully saturated rings. The van der Waals surface area contributed by atoms with Gasteiger partial charge in [0.25, 0.3) is 0 Å². The fraction of sp³-hybridized carbons (Fsp3) is 0.800. The molecule has 1 radical (unpaired) electrons. The summed E-state index contributed by atoms with van der Waals surface area (Å²) >= 11 is 5.25. The molecular weight excluding hydrogens is 126 g/mol. The number of rotatable bonds is 4. The lowest BCUT2D eigenvalue weighted by atomic mass is 10.3. The minimum absolute atomic E-state index is 0.599. The second kappa shape index (κ2) is 4.91. The van der Waals surface area contributed by atoms with Crippen molar-refractivity contribution in [1.82, 2.24) is 4.42 Å². The number of hydrogen-bond acceptors (Lipinski definition) is 1. The summed E-state index contributed by atoms with van der Waals surface area (Å²) in [5, 5.41) is 0. The van der Waals surface area contributed by atoms with E-state index in [1.807, 2.05) is 6.92 Å². The summed E-state index contributed by atoms with van der Waals surface area (Å²) in [7, 11) is 0. The summed E-state index contributed by atoms with van der Waals surface area (Å²) in [6.07, 6.45) is 3.54. The van der Waals surface area contributed by atoms with Crippen molar-refractivity contribution in [1.29, 1.82) is 0 Å². The van der Waals surface area contributed by atoms with Gasteiger partial charge in [-0.15, -0.1) is 0 Å². The highest BCUT2D eigenvalue weighted by atomic mass is 35.5. The molecule has 0 aliphatic heterocycles. The van der Waals surface area contributed by atoms with Crippen LogP contribution in [-0.4, -0.2) is 17.4 Å². The van der Waals surface area contributed by atoms with E-state index in [1.165, 1.54) is 0 Å². The van der Waals surface area contributed by atoms with Crippen LogP contribution in [0.1, 0.15) is 19.8 Å². The van der Waals surface area contributed by atoms with Gasteiger partial charge in [0, 0.05) is 18.3 Å². The molecule has 0 unspecified atom stereocenters. The van der Waals surface area contributed by atoms with E-state index in [4.69, 9.17) is 11.8 Å². The molecule has 0 rings (SSSR count). The molecule has 0 saturated heterocycles. The van der Waals surface area contributed by atoms with Gasteiger partial charge in [0.1, 0.15) is 0 Å². The lowest BCUT2D eigenvalue weighted by Gasteiger charge is -2.01. The van der Waals surface area contributed by atoms with E-state index in [0.717, 1.165) is 17.3 Å². The Balaban J connectivity index is 2.98. The second-order valence-electron chi connectivity index (χ2n) is 1.53. The molecule has 0 aromatic heterocycles. The van der Waals surface area contributed by atoms with Gasteiger partial charge < -0.3 is 0 Å². The van der Waals surface area contributed by atoms with Crippen LogP contribution < -0.4 is 0 Å². The predicted molar refractivity (Wildman–Crippen MR) is 33.2 cm³/mol. The van der Waals surface area contributed by atoms with E-state index in [2.05, 4.69) is 0 Å². The number of hydrogen-bond donors (Lipinski definition) is 0. The number of nitrogens with zero attached hydrogens (tertiary/aromatic N) is 1. The van der Waals surface area contributed by atoms with Crippen molar-refractivity contribution < 1.29 is 4.79 Å². The smallest absolute Gasteiger partial charge is 0.262 e. The molecule has 3 heteroatoms. The van der Waals surface area contributed by atoms with Crippen LogP contribution in [0.15, 0.2) is 0 Å². The van der Waals surface area contributed by atoms with Gasteiger partial charge in [-0.25, -0.2) is 4.42 Å². The topological polar surface area (TPSA) is 20.3 Å². The molecule has 0 aromatic carbocycles. The third-order valence-electron chi connectivity index (χ3n) is 0.807. The van der Waals surface area contributed by atoms with Crippen molar-refractivity contribution >= 4 is 18.2 Å². The minimum Gasteiger partial charge on any atom is -0.262 e. The number of carbonyl (C=O) groups excluding carboxylic acids is 1. The zero-order valence-electron chi connectivity index (χ0n) is 4.85. The zero-order valence-corrected chi connectivity index (χ0v) is 5.61. The molecule has 0 atom stereocenters. The third kappa shape index (κ3) is 3.93. The second-order valence-corrected chi connectivity index (χ2v) is 1.94. The summed E-state index contributed by atoms with van der Waals surface area (Å²) in [4.78, 5) is 9.68. The first-order valence-corrected chi connectivity index (χ1v) is 2.96. The average Bonchev–Trinajstić information content (AvgIpc) is 1.83. The van der Waals surface area contributed by atoms with Crippen molar-refractivity contribution in [3.05, 3.63) is 0 Å². The van der Waals surface area contributed by atoms with Gasteiger partial charge in [-0.05, 0) is 6.42 Å². The highest BCUT2D eigenvalue weighted by Gasteiger charge is 1.92. The number of amides is 1. The molecule has 0 aliphatic carbocycles. The first kappa shape index (κ1) is 7.76. The molecule has 0 saturated carbocycles. The predicted octanol–water partition coefficient (Wildman–Crippen LogP) is 1.31. The SMILES string of the molecule is CCCCN(Cl)[C]=O. The van der Waals surface area contributed by atoms with E-state index in [-0.39, 0.29) is 0 Å². The fourth-order valence-corrected chi connectivity index (χ4v) is 0.462. The summed E-state index contributed by atoms with van der Waals surface area (Å²) in [5.74, 6) is 0. The van der Waals surface area contributed by atoms with Gasteiger partial charge in [0.15, 0.2) is 0 Å². The molecule has 0 aromatic rings. The van der Waals surface area contributed by atoms with Crippen molar-refractivity contribution in [2.24, 2.45) is 0 Å². The molecule has 0 heterocycles. The van der Waals surface area contributed by atoms with Crippen LogP contribution in [0.2, 0.25) is 0 Å². The van der Waals surface area contributed by atoms with Crippen molar-refractivity contribution in [2.75, 3.05) is 6.54 Å². The largest absolute Gasteiger partial charge is 0.327 e. The van der Waals surface area contributed by atoms with Crippen LogP contribution in [0.5, 0.6) is 0 Å². The molecule has 0 N–H and O–H groups in total. The monoisotopic (exact) mass is 134 g/mol. The Kier molecular flexibility index (Phi) is 4.76. The van der Waals surface area contributed by atoms with Gasteiger partial charge in [-0.3, -0.25) is 4.79 Å². The van der Waals surface area contributed by atoms with Crippen molar-refractivity contribution in [3.63, 3.8) is 0 Å². The highest BCUT2D eigenvalue weighted by molar-refractivity contribution is 6.18. The Labute approximate surface area is 54.5 Å². The lowest BCUT2D eigenvalue weighted by molar-refractivity contribution is 0.491. The molecule has 8 heavy (non-hydrogen) atoms. The Morgan fingerprint density at radius 1 is 1.75 bits per heavy atom. The van der Waals surface area contributed by atoms with Crippen molar-refractivity contribution in [3.8, 4) is 0 Å². The van der Waals surface area contributed by atoms with Crippen LogP contribution in [0.4, 0.5) is 0 Å². The summed E-state index contributed by atoms with van der Waals surface area (Å²) < 4.78 is 1.00. The normalized spacial score (nSPS) is 8.75. The Morgan fingerprint density at radius 2 is 2.38 bits per heavy atom. The van der Waals surface area contributed by atoms with Crippen molar-refractivity contribution in [2.45, 2.75) is 19.8 Å². The van der Waals surface area contributed by atoms with E-state index in [9.17, 15) is 4.79 Å². The van der Waals surface area contributed by atoms with Gasteiger partial charge >= 0.3 is 6.41 Å². The maximum Gasteiger partial charge on any atom is 0.327 e. The lowest BCUT2D eigenvalue weighted by Crippen LogP contribution is -2.09. The first-order chi connectivity index (χ1) is 3.81. The van der Waals surface area contributed by atoms with E-state index >= 15 is 0 Å². The van der Waals surface area contributed by atoms with Crippen LogP contribution in [-0.2, 0) is 4.79 Å². The third-order valence-corrected chi connectivity index (χ3v) is 1.05. The summed E-state index contributed by atoms with van der Waals surface area (Å²) in [5.41, 5.74) is 0. The molecule has 2 nitrogen and oxygen atoms in total. The van der Waals surface area contributed by atoms with Gasteiger partial charge in [-0.1, -0.05) is 13.3 Å². The Morgan fingerprint density at radius 3 is 2.75 bits per heavy atom. The molecule has 0 spiro atoms. The van der Waals surface area contributed by atoms with Gasteiger partial charge in [0.2, 0.25) is 0 Å². The molecule has 1 amide bonds. The average molecular weight is 135 g/mol. The van der Waals surface area contributed by atoms with Crippen LogP contribution in [0.3, 0.4) is 0 Å².